The lowest BCUT2D eigenvalue weighted by molar-refractivity contribution is -0.136. The summed E-state index contributed by atoms with van der Waals surface area (Å²) in [6.07, 6.45) is 4.99. The average molecular weight is 509 g/mol. The van der Waals surface area contributed by atoms with Crippen LogP contribution in [0.15, 0.2) is 60.4 Å². The summed E-state index contributed by atoms with van der Waals surface area (Å²) in [7, 11) is 1.90. The van der Waals surface area contributed by atoms with Gasteiger partial charge >= 0.3 is 11.9 Å². The van der Waals surface area contributed by atoms with Crippen LogP contribution in [0.3, 0.4) is 0 Å². The van der Waals surface area contributed by atoms with Crippen molar-refractivity contribution in [3.63, 3.8) is 0 Å². The van der Waals surface area contributed by atoms with Crippen LogP contribution >= 0.6 is 0 Å². The van der Waals surface area contributed by atoms with Crippen LogP contribution < -0.4 is 5.32 Å². The van der Waals surface area contributed by atoms with E-state index >= 15 is 0 Å². The molecule has 0 bridgehead atoms. The van der Waals surface area contributed by atoms with E-state index in [1.807, 2.05) is 29.0 Å². The number of anilines is 1. The second-order valence-electron chi connectivity index (χ2n) is 8.92. The Bertz CT molecular complexity index is 1280. The number of carbonyl (C=O) groups is 2. The molecule has 0 saturated carbocycles. The number of aliphatic carboxylic acids is 2. The molecule has 0 spiro atoms. The summed E-state index contributed by atoms with van der Waals surface area (Å²) in [5.41, 5.74) is 3.15. The van der Waals surface area contributed by atoms with Crippen molar-refractivity contribution in [2.24, 2.45) is 0 Å². The molecule has 1 saturated heterocycles. The molecule has 4 N–H and O–H groups in total. The number of pyridine rings is 1. The first-order chi connectivity index (χ1) is 17.8. The molecule has 0 aliphatic carbocycles. The maximum absolute atomic E-state index is 13.3. The van der Waals surface area contributed by atoms with E-state index in [4.69, 9.17) is 5.11 Å². The topological polar surface area (TPSA) is 135 Å². The number of halogens is 1. The highest BCUT2D eigenvalue weighted by molar-refractivity contribution is 5.95. The Hall–Kier alpha value is -4.09. The highest BCUT2D eigenvalue weighted by atomic mass is 19.1. The second-order valence-corrected chi connectivity index (χ2v) is 8.92. The molecule has 3 heterocycles. The van der Waals surface area contributed by atoms with Crippen LogP contribution in [0.2, 0.25) is 0 Å². The van der Waals surface area contributed by atoms with Gasteiger partial charge in [0.2, 0.25) is 0 Å². The van der Waals surface area contributed by atoms with Gasteiger partial charge in [-0.25, -0.2) is 19.0 Å². The molecule has 37 heavy (non-hydrogen) atoms. The van der Waals surface area contributed by atoms with Gasteiger partial charge in [-0.15, -0.1) is 0 Å². The number of carboxylic acids is 2. The Morgan fingerprint density at radius 2 is 1.97 bits per heavy atom. The number of carboxylic acid groups (broad SMARTS) is 2. The van der Waals surface area contributed by atoms with E-state index in [-0.39, 0.29) is 11.4 Å². The number of likely N-dealkylation sites (N-methyl/N-ethyl adjacent to an activating group) is 1. The van der Waals surface area contributed by atoms with Crippen LogP contribution in [-0.4, -0.2) is 92.9 Å². The van der Waals surface area contributed by atoms with Gasteiger partial charge in [-0.3, -0.25) is 10.00 Å². The van der Waals surface area contributed by atoms with Crippen molar-refractivity contribution in [2.75, 3.05) is 45.1 Å². The molecule has 194 valence electrons. The summed E-state index contributed by atoms with van der Waals surface area (Å²) >= 11 is 0. The van der Waals surface area contributed by atoms with Crippen molar-refractivity contribution in [2.45, 2.75) is 12.5 Å². The number of nitrogens with one attached hydrogen (secondary N) is 2. The van der Waals surface area contributed by atoms with Gasteiger partial charge in [0.1, 0.15) is 11.6 Å². The standard InChI is InChI=1S/C26H29FN6O4/c1-32-11-12-33(22(16-32)20(26(36)37)14-24(34)35)10-2-8-28-23-13-18(7-9-29-23)21-15-30-31-25(21)17-3-5-19(27)6-4-17/h3-7,9,13-15,22H,2,8,10-12,16H2,1H3,(H,28,29)(H,30,31)(H,34,35)(H,36,37)/b20-14-. The monoisotopic (exact) mass is 508 g/mol. The van der Waals surface area contributed by atoms with Crippen LogP contribution in [0.5, 0.6) is 0 Å². The smallest absolute Gasteiger partial charge is 0.333 e. The molecular weight excluding hydrogens is 479 g/mol. The van der Waals surface area contributed by atoms with Crippen molar-refractivity contribution >= 4 is 17.8 Å². The number of hydrogen-bond donors (Lipinski definition) is 4. The number of nitrogens with zero attached hydrogens (tertiary/aromatic N) is 4. The molecule has 1 fully saturated rings. The summed E-state index contributed by atoms with van der Waals surface area (Å²) < 4.78 is 13.3. The van der Waals surface area contributed by atoms with Crippen molar-refractivity contribution in [1.29, 1.82) is 0 Å². The van der Waals surface area contributed by atoms with Gasteiger partial charge in [0.05, 0.1) is 17.3 Å². The zero-order valence-electron chi connectivity index (χ0n) is 20.4. The molecule has 1 aliphatic heterocycles. The lowest BCUT2D eigenvalue weighted by atomic mass is 10.0. The van der Waals surface area contributed by atoms with Gasteiger partial charge < -0.3 is 20.4 Å². The molecule has 1 aromatic carbocycles. The number of piperazine rings is 1. The lowest BCUT2D eigenvalue weighted by Crippen LogP contribution is -2.54. The Labute approximate surface area is 213 Å². The van der Waals surface area contributed by atoms with Crippen molar-refractivity contribution in [3.05, 3.63) is 66.3 Å². The number of hydrogen-bond acceptors (Lipinski definition) is 7. The number of benzene rings is 1. The second kappa shape index (κ2) is 11.8. The van der Waals surface area contributed by atoms with Crippen LogP contribution in [0.4, 0.5) is 10.2 Å². The highest BCUT2D eigenvalue weighted by Crippen LogP contribution is 2.31. The van der Waals surface area contributed by atoms with Crippen LogP contribution in [0.1, 0.15) is 6.42 Å². The minimum Gasteiger partial charge on any atom is -0.478 e. The highest BCUT2D eigenvalue weighted by Gasteiger charge is 2.31. The average Bonchev–Trinajstić information content (AvgIpc) is 3.36. The number of aromatic amines is 1. The van der Waals surface area contributed by atoms with E-state index in [1.165, 1.54) is 12.1 Å². The maximum Gasteiger partial charge on any atom is 0.333 e. The number of rotatable bonds is 10. The summed E-state index contributed by atoms with van der Waals surface area (Å²) in [6.45, 7) is 3.06. The van der Waals surface area contributed by atoms with E-state index in [1.54, 1.807) is 24.5 Å². The van der Waals surface area contributed by atoms with Gasteiger partial charge in [-0.2, -0.15) is 5.10 Å². The largest absolute Gasteiger partial charge is 0.478 e. The molecule has 3 aromatic rings. The van der Waals surface area contributed by atoms with E-state index in [9.17, 15) is 19.1 Å². The van der Waals surface area contributed by atoms with E-state index in [0.717, 1.165) is 29.3 Å². The van der Waals surface area contributed by atoms with Gasteiger partial charge in [0.25, 0.3) is 0 Å². The van der Waals surface area contributed by atoms with Crippen molar-refractivity contribution < 1.29 is 24.2 Å². The summed E-state index contributed by atoms with van der Waals surface area (Å²) in [6, 6.07) is 9.45. The quantitative estimate of drug-likeness (QED) is 0.241. The Morgan fingerprint density at radius 1 is 1.19 bits per heavy atom. The number of H-pyrrole nitrogens is 1. The molecule has 10 nitrogen and oxygen atoms in total. The van der Waals surface area contributed by atoms with Crippen molar-refractivity contribution in [3.8, 4) is 22.4 Å². The molecule has 0 radical (unpaired) electrons. The predicted octanol–water partition coefficient (Wildman–Crippen LogP) is 2.79. The van der Waals surface area contributed by atoms with E-state index < -0.39 is 18.0 Å². The van der Waals surface area contributed by atoms with E-state index in [2.05, 4.69) is 20.5 Å². The third-order valence-corrected chi connectivity index (χ3v) is 6.34. The molecule has 1 atom stereocenters. The normalized spacial score (nSPS) is 17.0. The van der Waals surface area contributed by atoms with Crippen molar-refractivity contribution in [1.82, 2.24) is 25.0 Å². The first-order valence-corrected chi connectivity index (χ1v) is 11.9. The fraction of sp³-hybridized carbons (Fsp3) is 0.308. The van der Waals surface area contributed by atoms with Gasteiger partial charge in [-0.1, -0.05) is 0 Å². The minimum absolute atomic E-state index is 0.113. The molecule has 0 amide bonds. The zero-order chi connectivity index (χ0) is 26.4. The summed E-state index contributed by atoms with van der Waals surface area (Å²) in [5.74, 6) is -2.11. The van der Waals surface area contributed by atoms with E-state index in [0.29, 0.717) is 44.1 Å². The van der Waals surface area contributed by atoms with Gasteiger partial charge in [0.15, 0.2) is 0 Å². The SMILES string of the molecule is CN1CCN(CCCNc2cc(-c3c[nH]nc3-c3ccc(F)cc3)ccn2)C(/C(=C/C(=O)O)C(=O)O)C1. The van der Waals surface area contributed by atoms with Gasteiger partial charge in [-0.05, 0) is 55.4 Å². The fourth-order valence-electron chi connectivity index (χ4n) is 4.48. The van der Waals surface area contributed by atoms with Crippen LogP contribution in [0, 0.1) is 5.82 Å². The first kappa shape index (κ1) is 26.0. The molecule has 11 heteroatoms. The molecule has 2 aromatic heterocycles. The third-order valence-electron chi connectivity index (χ3n) is 6.34. The first-order valence-electron chi connectivity index (χ1n) is 11.9. The van der Waals surface area contributed by atoms with Gasteiger partial charge in [0, 0.05) is 62.3 Å². The zero-order valence-corrected chi connectivity index (χ0v) is 20.4. The van der Waals surface area contributed by atoms with Crippen LogP contribution in [0.25, 0.3) is 22.4 Å². The summed E-state index contributed by atoms with van der Waals surface area (Å²) in [4.78, 5) is 31.3. The third kappa shape index (κ3) is 6.57. The molecular formula is C26H29FN6O4. The minimum atomic E-state index is -1.27. The Kier molecular flexibility index (Phi) is 8.26. The Morgan fingerprint density at radius 3 is 2.70 bits per heavy atom. The predicted molar refractivity (Wildman–Crippen MR) is 137 cm³/mol. The fourth-order valence-corrected chi connectivity index (χ4v) is 4.48. The Balaban J connectivity index is 1.39. The molecule has 1 aliphatic rings. The number of aromatic nitrogens is 3. The lowest BCUT2D eigenvalue weighted by Gasteiger charge is -2.40. The maximum atomic E-state index is 13.3. The summed E-state index contributed by atoms with van der Waals surface area (Å²) in [5, 5.41) is 29.2. The molecule has 1 unspecified atom stereocenters. The molecule has 4 rings (SSSR count). The van der Waals surface area contributed by atoms with Crippen LogP contribution in [-0.2, 0) is 9.59 Å².